The summed E-state index contributed by atoms with van der Waals surface area (Å²) in [6, 6.07) is 10.6. The van der Waals surface area contributed by atoms with Gasteiger partial charge in [-0.25, -0.2) is 14.1 Å². The quantitative estimate of drug-likeness (QED) is 0.805. The van der Waals surface area contributed by atoms with Gasteiger partial charge in [0.15, 0.2) is 0 Å². The molecule has 4 rings (SSSR count). The zero-order chi connectivity index (χ0) is 15.6. The second-order valence-corrected chi connectivity index (χ2v) is 5.75. The Balaban J connectivity index is 1.38. The molecule has 118 valence electrons. The van der Waals surface area contributed by atoms with Crippen LogP contribution < -0.4 is 5.32 Å². The fraction of sp³-hybridized carbons (Fsp3) is 0.294. The van der Waals surface area contributed by atoms with Gasteiger partial charge in [-0.2, -0.15) is 5.10 Å². The predicted molar refractivity (Wildman–Crippen MR) is 83.1 cm³/mol. The van der Waals surface area contributed by atoms with Gasteiger partial charge < -0.3 is 9.73 Å². The smallest absolute Gasteiger partial charge is 0.138 e. The summed E-state index contributed by atoms with van der Waals surface area (Å²) in [6.45, 7) is 1.50. The van der Waals surface area contributed by atoms with Crippen LogP contribution in [0.3, 0.4) is 0 Å². The lowest BCUT2D eigenvalue weighted by molar-refractivity contribution is 0.345. The van der Waals surface area contributed by atoms with Crippen LogP contribution in [0.25, 0.3) is 11.3 Å². The molecule has 0 fully saturated rings. The van der Waals surface area contributed by atoms with E-state index in [-0.39, 0.29) is 5.82 Å². The Morgan fingerprint density at radius 1 is 1.22 bits per heavy atom. The molecule has 23 heavy (non-hydrogen) atoms. The van der Waals surface area contributed by atoms with Crippen LogP contribution in [0, 0.1) is 5.82 Å². The minimum absolute atomic E-state index is 0.244. The molecule has 1 aromatic carbocycles. The molecule has 0 radical (unpaired) electrons. The Morgan fingerprint density at radius 2 is 2.09 bits per heavy atom. The number of halogens is 1. The average molecular weight is 312 g/mol. The van der Waals surface area contributed by atoms with E-state index in [4.69, 9.17) is 4.42 Å². The summed E-state index contributed by atoms with van der Waals surface area (Å²) in [5, 5.41) is 7.72. The first-order valence-electron chi connectivity index (χ1n) is 7.72. The molecule has 0 spiro atoms. The Bertz CT molecular complexity index is 793. The number of fused-ring (bicyclic) bond motifs is 1. The molecule has 3 aromatic rings. The highest BCUT2D eigenvalue weighted by Crippen LogP contribution is 2.22. The molecular formula is C17H17FN4O. The first-order valence-corrected chi connectivity index (χ1v) is 7.72. The van der Waals surface area contributed by atoms with E-state index >= 15 is 0 Å². The van der Waals surface area contributed by atoms with E-state index in [1.54, 1.807) is 18.5 Å². The minimum atomic E-state index is -0.244. The third kappa shape index (κ3) is 3.03. The van der Waals surface area contributed by atoms with E-state index in [0.29, 0.717) is 12.6 Å². The Morgan fingerprint density at radius 3 is 2.96 bits per heavy atom. The molecule has 0 bridgehead atoms. The van der Waals surface area contributed by atoms with Gasteiger partial charge in [-0.3, -0.25) is 0 Å². The fourth-order valence-corrected chi connectivity index (χ4v) is 2.89. The highest BCUT2D eigenvalue weighted by molar-refractivity contribution is 5.57. The predicted octanol–water partition coefficient (Wildman–Crippen LogP) is 2.78. The van der Waals surface area contributed by atoms with Crippen molar-refractivity contribution >= 4 is 0 Å². The summed E-state index contributed by atoms with van der Waals surface area (Å²) in [5.41, 5.74) is 0.877. The van der Waals surface area contributed by atoms with Crippen molar-refractivity contribution in [1.82, 2.24) is 20.1 Å². The molecule has 1 aliphatic heterocycles. The van der Waals surface area contributed by atoms with Crippen molar-refractivity contribution < 1.29 is 8.81 Å². The number of hydrogen-bond acceptors (Lipinski definition) is 4. The maximum atomic E-state index is 13.0. The molecule has 6 heteroatoms. The van der Waals surface area contributed by atoms with E-state index in [1.165, 1.54) is 12.1 Å². The third-order valence-corrected chi connectivity index (χ3v) is 4.16. The van der Waals surface area contributed by atoms with Crippen LogP contribution in [-0.4, -0.2) is 20.8 Å². The topological polar surface area (TPSA) is 55.9 Å². The summed E-state index contributed by atoms with van der Waals surface area (Å²) in [4.78, 5) is 4.23. The molecule has 1 atom stereocenters. The molecule has 0 saturated carbocycles. The highest BCUT2D eigenvalue weighted by Gasteiger charge is 2.19. The molecule has 0 amide bonds. The summed E-state index contributed by atoms with van der Waals surface area (Å²) in [5.74, 6) is 2.43. The average Bonchev–Trinajstić information content (AvgIpc) is 3.22. The summed E-state index contributed by atoms with van der Waals surface area (Å²) >= 11 is 0. The molecule has 0 unspecified atom stereocenters. The van der Waals surface area contributed by atoms with Crippen molar-refractivity contribution in [2.24, 2.45) is 0 Å². The number of nitrogens with one attached hydrogen (secondary N) is 1. The molecule has 3 heterocycles. The number of furan rings is 1. The lowest BCUT2D eigenvalue weighted by Gasteiger charge is -2.23. The van der Waals surface area contributed by atoms with Crippen LogP contribution in [0.4, 0.5) is 4.39 Å². The van der Waals surface area contributed by atoms with Gasteiger partial charge >= 0.3 is 0 Å². The first kappa shape index (κ1) is 14.1. The van der Waals surface area contributed by atoms with Gasteiger partial charge in [0.2, 0.25) is 0 Å². The van der Waals surface area contributed by atoms with Gasteiger partial charge in [0.05, 0.1) is 13.1 Å². The standard InChI is InChI=1S/C17H17FN4O/c18-13-3-1-12(2-4-13)16-7-6-15(23-16)9-19-14-5-8-17-20-11-21-22(17)10-14/h1-4,6-7,11,14,19H,5,8-10H2/t14-/m0/s1. The first-order chi connectivity index (χ1) is 11.3. The normalized spacial score (nSPS) is 17.2. The van der Waals surface area contributed by atoms with Crippen molar-refractivity contribution in [2.45, 2.75) is 32.0 Å². The van der Waals surface area contributed by atoms with Crippen LogP contribution in [0.5, 0.6) is 0 Å². The Hall–Kier alpha value is -2.47. The number of nitrogens with zero attached hydrogens (tertiary/aromatic N) is 3. The second kappa shape index (κ2) is 5.96. The van der Waals surface area contributed by atoms with Crippen LogP contribution in [-0.2, 0) is 19.5 Å². The number of hydrogen-bond donors (Lipinski definition) is 1. The lowest BCUT2D eigenvalue weighted by atomic mass is 10.1. The van der Waals surface area contributed by atoms with E-state index in [0.717, 1.165) is 42.3 Å². The molecule has 5 nitrogen and oxygen atoms in total. The molecule has 0 saturated heterocycles. The van der Waals surface area contributed by atoms with E-state index in [2.05, 4.69) is 15.4 Å². The SMILES string of the molecule is Fc1ccc(-c2ccc(CN[C@H]3CCc4ncnn4C3)o2)cc1. The monoisotopic (exact) mass is 312 g/mol. The van der Waals surface area contributed by atoms with Crippen LogP contribution in [0.1, 0.15) is 18.0 Å². The van der Waals surface area contributed by atoms with Gasteiger partial charge in [0, 0.05) is 18.0 Å². The summed E-state index contributed by atoms with van der Waals surface area (Å²) in [7, 11) is 0. The van der Waals surface area contributed by atoms with E-state index in [1.807, 2.05) is 16.8 Å². The van der Waals surface area contributed by atoms with E-state index in [9.17, 15) is 4.39 Å². The van der Waals surface area contributed by atoms with E-state index < -0.39 is 0 Å². The van der Waals surface area contributed by atoms with Crippen molar-refractivity contribution in [3.8, 4) is 11.3 Å². The van der Waals surface area contributed by atoms with Gasteiger partial charge in [0.1, 0.15) is 29.5 Å². The molecule has 1 N–H and O–H groups in total. The van der Waals surface area contributed by atoms with Gasteiger partial charge in [-0.15, -0.1) is 0 Å². The maximum Gasteiger partial charge on any atom is 0.138 e. The van der Waals surface area contributed by atoms with Gasteiger partial charge in [0.25, 0.3) is 0 Å². The number of aryl methyl sites for hydroxylation is 1. The number of rotatable bonds is 4. The summed E-state index contributed by atoms with van der Waals surface area (Å²) in [6.07, 6.45) is 3.60. The van der Waals surface area contributed by atoms with Crippen molar-refractivity contribution in [2.75, 3.05) is 0 Å². The number of benzene rings is 1. The molecule has 0 aliphatic carbocycles. The van der Waals surface area contributed by atoms with Crippen LogP contribution >= 0.6 is 0 Å². The third-order valence-electron chi connectivity index (χ3n) is 4.16. The molecule has 1 aliphatic rings. The van der Waals surface area contributed by atoms with Crippen LogP contribution in [0.2, 0.25) is 0 Å². The van der Waals surface area contributed by atoms with Crippen LogP contribution in [0.15, 0.2) is 47.1 Å². The Labute approximate surface area is 133 Å². The minimum Gasteiger partial charge on any atom is -0.460 e. The Kier molecular flexibility index (Phi) is 3.67. The fourth-order valence-electron chi connectivity index (χ4n) is 2.89. The maximum absolute atomic E-state index is 13.0. The highest BCUT2D eigenvalue weighted by atomic mass is 19.1. The molecular weight excluding hydrogens is 295 g/mol. The van der Waals surface area contributed by atoms with Gasteiger partial charge in [-0.1, -0.05) is 0 Å². The largest absolute Gasteiger partial charge is 0.460 e. The summed E-state index contributed by atoms with van der Waals surface area (Å²) < 4.78 is 20.8. The van der Waals surface area contributed by atoms with Crippen molar-refractivity contribution in [3.05, 3.63) is 60.1 Å². The molecule has 2 aromatic heterocycles. The zero-order valence-electron chi connectivity index (χ0n) is 12.6. The second-order valence-electron chi connectivity index (χ2n) is 5.75. The van der Waals surface area contributed by atoms with Crippen molar-refractivity contribution in [3.63, 3.8) is 0 Å². The number of aromatic nitrogens is 3. The zero-order valence-corrected chi connectivity index (χ0v) is 12.6. The van der Waals surface area contributed by atoms with Gasteiger partial charge in [-0.05, 0) is 42.8 Å². The van der Waals surface area contributed by atoms with Crippen molar-refractivity contribution in [1.29, 1.82) is 0 Å². The lowest BCUT2D eigenvalue weighted by Crippen LogP contribution is -2.37.